The predicted molar refractivity (Wildman–Crippen MR) is 106 cm³/mol. The van der Waals surface area contributed by atoms with Crippen molar-refractivity contribution in [1.29, 1.82) is 0 Å². The van der Waals surface area contributed by atoms with E-state index < -0.39 is 5.60 Å². The van der Waals surface area contributed by atoms with Crippen molar-refractivity contribution in [2.75, 3.05) is 53.4 Å². The zero-order valence-corrected chi connectivity index (χ0v) is 17.0. The quantitative estimate of drug-likeness (QED) is 0.729. The number of piperidine rings is 1. The topological polar surface area (TPSA) is 56.3 Å². The van der Waals surface area contributed by atoms with Gasteiger partial charge in [0.25, 0.3) is 5.91 Å². The highest BCUT2D eigenvalue weighted by atomic mass is 19.1. The van der Waals surface area contributed by atoms with Gasteiger partial charge in [-0.3, -0.25) is 4.79 Å². The number of hydrogen-bond acceptors (Lipinski definition) is 5. The molecule has 1 amide bonds. The van der Waals surface area contributed by atoms with Crippen molar-refractivity contribution in [3.05, 3.63) is 29.6 Å². The fourth-order valence-electron chi connectivity index (χ4n) is 4.21. The third kappa shape index (κ3) is 5.01. The molecule has 3 rings (SSSR count). The van der Waals surface area contributed by atoms with E-state index in [2.05, 4.69) is 4.90 Å². The van der Waals surface area contributed by atoms with Crippen LogP contribution in [0.25, 0.3) is 0 Å². The van der Waals surface area contributed by atoms with E-state index in [1.807, 2.05) is 11.9 Å². The molecule has 0 bridgehead atoms. The van der Waals surface area contributed by atoms with Crippen molar-refractivity contribution >= 4 is 5.91 Å². The normalized spacial score (nSPS) is 23.6. The molecule has 0 spiro atoms. The van der Waals surface area contributed by atoms with Gasteiger partial charge < -0.3 is 24.5 Å². The summed E-state index contributed by atoms with van der Waals surface area (Å²) in [7, 11) is 3.47. The molecule has 2 saturated heterocycles. The fourth-order valence-corrected chi connectivity index (χ4v) is 4.21. The van der Waals surface area contributed by atoms with Crippen molar-refractivity contribution in [3.8, 4) is 5.75 Å². The van der Waals surface area contributed by atoms with Crippen LogP contribution in [0.3, 0.4) is 0 Å². The smallest absolute Gasteiger partial charge is 0.256 e. The number of carbonyl (C=O) groups is 1. The molecular formula is C21H32FN3O3. The van der Waals surface area contributed by atoms with Crippen LogP contribution in [0.15, 0.2) is 18.2 Å². The van der Waals surface area contributed by atoms with Gasteiger partial charge >= 0.3 is 0 Å². The minimum absolute atomic E-state index is 0.141. The molecule has 0 radical (unpaired) electrons. The summed E-state index contributed by atoms with van der Waals surface area (Å²) in [6.45, 7) is 5.02. The largest absolute Gasteiger partial charge is 0.497 e. The summed E-state index contributed by atoms with van der Waals surface area (Å²) in [5, 5.41) is 11.1. The van der Waals surface area contributed by atoms with Gasteiger partial charge in [0.15, 0.2) is 5.60 Å². The molecule has 0 saturated carbocycles. The van der Waals surface area contributed by atoms with Crippen LogP contribution >= 0.6 is 0 Å². The van der Waals surface area contributed by atoms with Crippen LogP contribution < -0.4 is 4.74 Å². The molecule has 1 aromatic carbocycles. The maximum Gasteiger partial charge on any atom is 0.256 e. The molecule has 1 N–H and O–H groups in total. The number of aliphatic hydroxyl groups is 1. The number of ether oxygens (including phenoxy) is 1. The van der Waals surface area contributed by atoms with Gasteiger partial charge in [0.2, 0.25) is 0 Å². The number of amides is 1. The molecule has 2 aliphatic heterocycles. The summed E-state index contributed by atoms with van der Waals surface area (Å²) < 4.78 is 19.3. The lowest BCUT2D eigenvalue weighted by atomic mass is 9.90. The van der Waals surface area contributed by atoms with E-state index >= 15 is 0 Å². The summed E-state index contributed by atoms with van der Waals surface area (Å²) in [6, 6.07) is 4.52. The molecule has 7 heteroatoms. The van der Waals surface area contributed by atoms with Crippen LogP contribution in [0.1, 0.15) is 31.2 Å². The maximum atomic E-state index is 14.2. The Morgan fingerprint density at radius 2 is 2.00 bits per heavy atom. The second-order valence-electron chi connectivity index (χ2n) is 8.11. The molecule has 2 fully saturated rings. The molecule has 1 atom stereocenters. The zero-order valence-electron chi connectivity index (χ0n) is 17.0. The fraction of sp³-hybridized carbons (Fsp3) is 0.667. The van der Waals surface area contributed by atoms with Gasteiger partial charge in [-0.05, 0) is 64.0 Å². The summed E-state index contributed by atoms with van der Waals surface area (Å²) in [5.41, 5.74) is -1.01. The third-order valence-corrected chi connectivity index (χ3v) is 5.85. The number of likely N-dealkylation sites (N-methyl/N-ethyl adjacent to an activating group) is 1. The molecule has 6 nitrogen and oxygen atoms in total. The Labute approximate surface area is 166 Å². The first-order valence-corrected chi connectivity index (χ1v) is 10.2. The van der Waals surface area contributed by atoms with Crippen molar-refractivity contribution in [3.63, 3.8) is 0 Å². The minimum atomic E-state index is -1.41. The molecule has 2 aliphatic rings. The summed E-state index contributed by atoms with van der Waals surface area (Å²) in [4.78, 5) is 19.0. The van der Waals surface area contributed by atoms with Gasteiger partial charge in [0, 0.05) is 38.3 Å². The number of methoxy groups -OCH3 is 1. The van der Waals surface area contributed by atoms with Crippen LogP contribution in [-0.4, -0.2) is 84.7 Å². The number of likely N-dealkylation sites (tertiary alicyclic amines) is 2. The third-order valence-electron chi connectivity index (χ3n) is 5.85. The van der Waals surface area contributed by atoms with E-state index in [0.717, 1.165) is 26.2 Å². The molecule has 0 aromatic heterocycles. The van der Waals surface area contributed by atoms with Crippen LogP contribution in [-0.2, 0) is 11.3 Å². The van der Waals surface area contributed by atoms with E-state index in [1.54, 1.807) is 17.0 Å². The van der Waals surface area contributed by atoms with E-state index in [4.69, 9.17) is 4.74 Å². The first-order chi connectivity index (χ1) is 13.4. The van der Waals surface area contributed by atoms with Gasteiger partial charge in [-0.25, -0.2) is 4.39 Å². The van der Waals surface area contributed by atoms with Crippen molar-refractivity contribution < 1.29 is 19.0 Å². The van der Waals surface area contributed by atoms with Crippen molar-refractivity contribution in [2.45, 2.75) is 37.8 Å². The van der Waals surface area contributed by atoms with Gasteiger partial charge in [0.1, 0.15) is 11.6 Å². The molecule has 0 unspecified atom stereocenters. The average molecular weight is 394 g/mol. The minimum Gasteiger partial charge on any atom is -0.497 e. The van der Waals surface area contributed by atoms with Crippen LogP contribution in [0.5, 0.6) is 5.75 Å². The lowest BCUT2D eigenvalue weighted by Gasteiger charge is -2.40. The lowest BCUT2D eigenvalue weighted by molar-refractivity contribution is -0.160. The second-order valence-corrected chi connectivity index (χ2v) is 8.11. The van der Waals surface area contributed by atoms with Crippen molar-refractivity contribution in [2.24, 2.45) is 0 Å². The SMILES string of the molecule is COc1ccc(F)c(CN2CCC[C@](O)(CN(C)CCN3CCCC3)C2=O)c1. The number of hydrogen-bond donors (Lipinski definition) is 1. The predicted octanol–water partition coefficient (Wildman–Crippen LogP) is 1.72. The Morgan fingerprint density at radius 1 is 1.25 bits per heavy atom. The summed E-state index contributed by atoms with van der Waals surface area (Å²) in [6.07, 6.45) is 3.65. The van der Waals surface area contributed by atoms with Gasteiger partial charge in [-0.1, -0.05) is 0 Å². The second kappa shape index (κ2) is 9.20. The Morgan fingerprint density at radius 3 is 2.71 bits per heavy atom. The molecular weight excluding hydrogens is 361 g/mol. The highest BCUT2D eigenvalue weighted by Crippen LogP contribution is 2.26. The van der Waals surface area contributed by atoms with Gasteiger partial charge in [-0.2, -0.15) is 0 Å². The van der Waals surface area contributed by atoms with E-state index in [1.165, 1.54) is 26.0 Å². The van der Waals surface area contributed by atoms with Gasteiger partial charge in [-0.15, -0.1) is 0 Å². The standard InChI is InChI=1S/C21H32FN3O3/c1-23(12-13-24-9-3-4-10-24)16-21(27)8-5-11-25(20(21)26)15-17-14-18(28-2)6-7-19(17)22/h6-7,14,27H,3-5,8-13,15-16H2,1-2H3/t21-/m0/s1. The maximum absolute atomic E-state index is 14.2. The Hall–Kier alpha value is -1.70. The molecule has 28 heavy (non-hydrogen) atoms. The Bertz CT molecular complexity index is 681. The average Bonchev–Trinajstić information content (AvgIpc) is 3.19. The number of carbonyl (C=O) groups excluding carboxylic acids is 1. The zero-order chi connectivity index (χ0) is 20.1. The molecule has 2 heterocycles. The molecule has 1 aromatic rings. The summed E-state index contributed by atoms with van der Waals surface area (Å²) >= 11 is 0. The van der Waals surface area contributed by atoms with Crippen LogP contribution in [0, 0.1) is 5.82 Å². The monoisotopic (exact) mass is 393 g/mol. The summed E-state index contributed by atoms with van der Waals surface area (Å²) in [5.74, 6) is -0.128. The Balaban J connectivity index is 1.60. The van der Waals surface area contributed by atoms with Crippen LogP contribution in [0.2, 0.25) is 0 Å². The number of benzene rings is 1. The molecule has 156 valence electrons. The van der Waals surface area contributed by atoms with E-state index in [0.29, 0.717) is 37.2 Å². The highest BCUT2D eigenvalue weighted by molar-refractivity contribution is 5.86. The van der Waals surface area contributed by atoms with E-state index in [9.17, 15) is 14.3 Å². The lowest BCUT2D eigenvalue weighted by Crippen LogP contribution is -2.58. The Kier molecular flexibility index (Phi) is 6.91. The van der Waals surface area contributed by atoms with Crippen LogP contribution in [0.4, 0.5) is 4.39 Å². The van der Waals surface area contributed by atoms with Crippen molar-refractivity contribution in [1.82, 2.24) is 14.7 Å². The van der Waals surface area contributed by atoms with E-state index in [-0.39, 0.29) is 18.3 Å². The first kappa shape index (κ1) is 21.0. The van der Waals surface area contributed by atoms with Gasteiger partial charge in [0.05, 0.1) is 7.11 Å². The molecule has 0 aliphatic carbocycles. The highest BCUT2D eigenvalue weighted by Gasteiger charge is 2.43. The first-order valence-electron chi connectivity index (χ1n) is 10.2. The number of rotatable bonds is 8. The number of halogens is 1. The number of nitrogens with zero attached hydrogens (tertiary/aromatic N) is 3.